The van der Waals surface area contributed by atoms with Crippen LogP contribution in [0.2, 0.25) is 0 Å². The number of rotatable bonds is 0. The molecule has 2 rings (SSSR count). The van der Waals surface area contributed by atoms with Crippen molar-refractivity contribution in [1.82, 2.24) is 0 Å². The highest BCUT2D eigenvalue weighted by molar-refractivity contribution is 9.11. The third-order valence-electron chi connectivity index (χ3n) is 2.81. The van der Waals surface area contributed by atoms with Gasteiger partial charge < -0.3 is 5.73 Å². The molecular weight excluding hydrogens is 306 g/mol. The predicted octanol–water partition coefficient (Wildman–Crippen LogP) is 3.94. The van der Waals surface area contributed by atoms with Crippen LogP contribution in [0.3, 0.4) is 0 Å². The van der Waals surface area contributed by atoms with Gasteiger partial charge in [0.2, 0.25) is 0 Å². The molecule has 0 bridgehead atoms. The number of hydrogen-bond acceptors (Lipinski definition) is 1. The van der Waals surface area contributed by atoms with E-state index >= 15 is 0 Å². The fourth-order valence-corrected chi connectivity index (χ4v) is 3.28. The molecular formula is C11H13Br2N. The van der Waals surface area contributed by atoms with E-state index in [-0.39, 0.29) is 6.04 Å². The summed E-state index contributed by atoms with van der Waals surface area (Å²) in [6.45, 7) is 0. The molecule has 14 heavy (non-hydrogen) atoms. The Balaban J connectivity index is 2.57. The van der Waals surface area contributed by atoms with Crippen molar-refractivity contribution in [2.24, 2.45) is 5.73 Å². The smallest absolute Gasteiger partial charge is 0.0309 e. The third kappa shape index (κ3) is 1.90. The van der Waals surface area contributed by atoms with Crippen LogP contribution in [0.25, 0.3) is 0 Å². The largest absolute Gasteiger partial charge is 0.324 e. The predicted molar refractivity (Wildman–Crippen MR) is 66.3 cm³/mol. The third-order valence-corrected chi connectivity index (χ3v) is 4.24. The first-order valence-corrected chi connectivity index (χ1v) is 6.51. The fourth-order valence-electron chi connectivity index (χ4n) is 2.07. The van der Waals surface area contributed by atoms with Gasteiger partial charge in [0.05, 0.1) is 0 Å². The SMILES string of the molecule is N[C@H]1CCCCc2c(Br)ccc(Br)c21. The Morgan fingerprint density at radius 2 is 1.86 bits per heavy atom. The van der Waals surface area contributed by atoms with Gasteiger partial charge in [-0.25, -0.2) is 0 Å². The average molecular weight is 319 g/mol. The maximum absolute atomic E-state index is 6.17. The number of benzene rings is 1. The molecule has 1 nitrogen and oxygen atoms in total. The topological polar surface area (TPSA) is 26.0 Å². The van der Waals surface area contributed by atoms with Gasteiger partial charge in [0.1, 0.15) is 0 Å². The van der Waals surface area contributed by atoms with Crippen LogP contribution in [-0.4, -0.2) is 0 Å². The molecule has 1 atom stereocenters. The van der Waals surface area contributed by atoms with E-state index in [0.29, 0.717) is 0 Å². The van der Waals surface area contributed by atoms with Gasteiger partial charge in [0.15, 0.2) is 0 Å². The summed E-state index contributed by atoms with van der Waals surface area (Å²) < 4.78 is 2.36. The molecule has 1 aromatic carbocycles. The zero-order valence-electron chi connectivity index (χ0n) is 7.89. The van der Waals surface area contributed by atoms with E-state index in [1.807, 2.05) is 0 Å². The normalized spacial score (nSPS) is 21.5. The highest BCUT2D eigenvalue weighted by Crippen LogP contribution is 2.36. The van der Waals surface area contributed by atoms with Crippen LogP contribution in [0.15, 0.2) is 21.1 Å². The van der Waals surface area contributed by atoms with Gasteiger partial charge in [0.25, 0.3) is 0 Å². The summed E-state index contributed by atoms with van der Waals surface area (Å²) in [5, 5.41) is 0. The lowest BCUT2D eigenvalue weighted by atomic mass is 10.00. The van der Waals surface area contributed by atoms with E-state index in [1.165, 1.54) is 28.4 Å². The summed E-state index contributed by atoms with van der Waals surface area (Å²) in [5.41, 5.74) is 8.86. The number of fused-ring (bicyclic) bond motifs is 1. The second-order valence-corrected chi connectivity index (χ2v) is 5.48. The van der Waals surface area contributed by atoms with Crippen molar-refractivity contribution in [3.05, 3.63) is 32.2 Å². The standard InChI is InChI=1S/C11H13Br2N/c12-8-5-6-9(13)11-7(8)3-1-2-4-10(11)14/h5-6,10H,1-4,14H2/t10-/m0/s1. The summed E-state index contributed by atoms with van der Waals surface area (Å²) in [7, 11) is 0. The van der Waals surface area contributed by atoms with Gasteiger partial charge in [0, 0.05) is 15.0 Å². The lowest BCUT2D eigenvalue weighted by Gasteiger charge is -2.15. The molecule has 0 amide bonds. The van der Waals surface area contributed by atoms with Crippen LogP contribution in [0.4, 0.5) is 0 Å². The first-order chi connectivity index (χ1) is 6.70. The maximum Gasteiger partial charge on any atom is 0.0309 e. The Bertz CT molecular complexity index is 349. The second kappa shape index (κ2) is 4.33. The van der Waals surface area contributed by atoms with E-state index in [1.54, 1.807) is 0 Å². The van der Waals surface area contributed by atoms with Crippen LogP contribution in [0, 0.1) is 0 Å². The van der Waals surface area contributed by atoms with Crippen LogP contribution in [0.5, 0.6) is 0 Å². The summed E-state index contributed by atoms with van der Waals surface area (Å²) in [6.07, 6.45) is 4.72. The zero-order chi connectivity index (χ0) is 10.1. The molecule has 76 valence electrons. The van der Waals surface area contributed by atoms with Crippen molar-refractivity contribution in [3.63, 3.8) is 0 Å². The molecule has 0 heterocycles. The first-order valence-electron chi connectivity index (χ1n) is 4.92. The van der Waals surface area contributed by atoms with Gasteiger partial charge in [-0.05, 0) is 42.5 Å². The molecule has 1 aromatic rings. The van der Waals surface area contributed by atoms with Crippen LogP contribution < -0.4 is 5.73 Å². The monoisotopic (exact) mass is 317 g/mol. The fraction of sp³-hybridized carbons (Fsp3) is 0.455. The summed E-state index contributed by atoms with van der Waals surface area (Å²) in [4.78, 5) is 0. The van der Waals surface area contributed by atoms with E-state index in [4.69, 9.17) is 5.73 Å². The molecule has 1 aliphatic rings. The molecule has 0 aromatic heterocycles. The van der Waals surface area contributed by atoms with E-state index in [9.17, 15) is 0 Å². The van der Waals surface area contributed by atoms with Crippen LogP contribution >= 0.6 is 31.9 Å². The molecule has 0 radical (unpaired) electrons. The highest BCUT2D eigenvalue weighted by Gasteiger charge is 2.19. The second-order valence-electron chi connectivity index (χ2n) is 3.77. The Labute approximate surface area is 101 Å². The van der Waals surface area contributed by atoms with Crippen molar-refractivity contribution >= 4 is 31.9 Å². The highest BCUT2D eigenvalue weighted by atomic mass is 79.9. The summed E-state index contributed by atoms with van der Waals surface area (Å²) in [5.74, 6) is 0. The number of hydrogen-bond donors (Lipinski definition) is 1. The Morgan fingerprint density at radius 1 is 1.14 bits per heavy atom. The van der Waals surface area contributed by atoms with E-state index < -0.39 is 0 Å². The van der Waals surface area contributed by atoms with Gasteiger partial charge in [-0.1, -0.05) is 38.3 Å². The average Bonchev–Trinajstić information content (AvgIpc) is 2.35. The minimum absolute atomic E-state index is 0.194. The minimum atomic E-state index is 0.194. The molecule has 0 aliphatic heterocycles. The quantitative estimate of drug-likeness (QED) is 0.720. The molecule has 0 spiro atoms. The molecule has 0 unspecified atom stereocenters. The summed E-state index contributed by atoms with van der Waals surface area (Å²) in [6, 6.07) is 4.37. The van der Waals surface area contributed by atoms with Crippen molar-refractivity contribution in [1.29, 1.82) is 0 Å². The molecule has 1 aliphatic carbocycles. The lowest BCUT2D eigenvalue weighted by Crippen LogP contribution is -2.11. The van der Waals surface area contributed by atoms with Crippen molar-refractivity contribution in [2.45, 2.75) is 31.7 Å². The zero-order valence-corrected chi connectivity index (χ0v) is 11.1. The van der Waals surface area contributed by atoms with Crippen LogP contribution in [0.1, 0.15) is 36.4 Å². The van der Waals surface area contributed by atoms with Crippen molar-refractivity contribution < 1.29 is 0 Å². The Morgan fingerprint density at radius 3 is 2.64 bits per heavy atom. The van der Waals surface area contributed by atoms with Gasteiger partial charge in [-0.3, -0.25) is 0 Å². The maximum atomic E-state index is 6.17. The molecule has 0 saturated carbocycles. The molecule has 0 saturated heterocycles. The lowest BCUT2D eigenvalue weighted by molar-refractivity contribution is 0.614. The number of halogens is 2. The Hall–Kier alpha value is 0.140. The van der Waals surface area contributed by atoms with E-state index in [0.717, 1.165) is 17.3 Å². The number of nitrogens with two attached hydrogens (primary N) is 1. The van der Waals surface area contributed by atoms with Gasteiger partial charge >= 0.3 is 0 Å². The van der Waals surface area contributed by atoms with Crippen molar-refractivity contribution in [2.75, 3.05) is 0 Å². The van der Waals surface area contributed by atoms with Crippen molar-refractivity contribution in [3.8, 4) is 0 Å². The van der Waals surface area contributed by atoms with Crippen LogP contribution in [-0.2, 0) is 6.42 Å². The minimum Gasteiger partial charge on any atom is -0.324 e. The van der Waals surface area contributed by atoms with E-state index in [2.05, 4.69) is 44.0 Å². The van der Waals surface area contributed by atoms with Gasteiger partial charge in [-0.15, -0.1) is 0 Å². The molecule has 3 heteroatoms. The van der Waals surface area contributed by atoms with Gasteiger partial charge in [-0.2, -0.15) is 0 Å². The first kappa shape index (κ1) is 10.7. The summed E-state index contributed by atoms with van der Waals surface area (Å²) >= 11 is 7.19. The molecule has 0 fully saturated rings. The Kier molecular flexibility index (Phi) is 3.30. The molecule has 2 N–H and O–H groups in total.